The summed E-state index contributed by atoms with van der Waals surface area (Å²) < 4.78 is 32.2. The Balaban J connectivity index is 1.48. The molecule has 44 heavy (non-hydrogen) atoms. The number of imidazole rings is 1. The Labute approximate surface area is 255 Å². The quantitative estimate of drug-likeness (QED) is 0.353. The number of amides is 2. The smallest absolute Gasteiger partial charge is 0.305 e. The molecule has 2 amide bonds. The van der Waals surface area contributed by atoms with E-state index < -0.39 is 42.0 Å². The maximum atomic E-state index is 15.4. The van der Waals surface area contributed by atoms with Gasteiger partial charge in [0, 0.05) is 25.2 Å². The van der Waals surface area contributed by atoms with Gasteiger partial charge in [0.2, 0.25) is 5.91 Å². The van der Waals surface area contributed by atoms with Crippen molar-refractivity contribution in [3.05, 3.63) is 76.9 Å². The number of nitrogens with zero attached hydrogens (tertiary/aromatic N) is 4. The minimum Gasteiger partial charge on any atom is -0.481 e. The van der Waals surface area contributed by atoms with Crippen molar-refractivity contribution in [1.29, 1.82) is 0 Å². The number of halogens is 2. The van der Waals surface area contributed by atoms with E-state index in [1.165, 1.54) is 17.2 Å². The number of benzene rings is 2. The molecule has 4 atom stereocenters. The van der Waals surface area contributed by atoms with E-state index in [9.17, 15) is 19.5 Å². The van der Waals surface area contributed by atoms with Crippen molar-refractivity contribution in [2.45, 2.75) is 52.7 Å². The lowest BCUT2D eigenvalue weighted by molar-refractivity contribution is -0.138. The number of piperidine rings is 1. The summed E-state index contributed by atoms with van der Waals surface area (Å²) >= 11 is 0. The number of hydrogen-bond donors (Lipinski definition) is 2. The van der Waals surface area contributed by atoms with E-state index in [-0.39, 0.29) is 28.7 Å². The first-order chi connectivity index (χ1) is 20.7. The Kier molecular flexibility index (Phi) is 8.37. The van der Waals surface area contributed by atoms with E-state index in [2.05, 4.69) is 10.3 Å². The van der Waals surface area contributed by atoms with Crippen molar-refractivity contribution in [1.82, 2.24) is 24.7 Å². The highest BCUT2D eigenvalue weighted by atomic mass is 19.2. The van der Waals surface area contributed by atoms with Crippen LogP contribution in [0, 0.1) is 42.7 Å². The standard InChI is InChI=1S/C33H39F2N5O4/c1-18-8-7-9-19(2)27(18)20-12-21(29(35)23(34)13-20)24(14-26(41)42)37-31(43)30-28-22(33(28,3)4)16-40(30)32(44)25-15-36-17-39(25)11-10-38(5)6/h7-9,12-13,15,17,22,24,28,30H,10-11,14,16H2,1-6H3,(H,37,43)(H,41,42)/t22?,24-,28-,30-/m0/s1. The largest absolute Gasteiger partial charge is 0.481 e. The number of aryl methyl sites for hydroxylation is 2. The number of aliphatic carboxylic acids is 1. The van der Waals surface area contributed by atoms with Gasteiger partial charge in [0.25, 0.3) is 5.91 Å². The topological polar surface area (TPSA) is 108 Å². The lowest BCUT2D eigenvalue weighted by atomic mass is 9.92. The summed E-state index contributed by atoms with van der Waals surface area (Å²) in [6.45, 7) is 9.32. The highest BCUT2D eigenvalue weighted by molar-refractivity contribution is 5.97. The fourth-order valence-electron chi connectivity index (χ4n) is 6.88. The maximum absolute atomic E-state index is 15.4. The third kappa shape index (κ3) is 5.72. The number of carboxylic acids is 1. The first-order valence-electron chi connectivity index (χ1n) is 14.8. The molecule has 2 N–H and O–H groups in total. The first kappa shape index (κ1) is 31.3. The van der Waals surface area contributed by atoms with E-state index >= 15 is 8.78 Å². The minimum absolute atomic E-state index is 0.0693. The van der Waals surface area contributed by atoms with Crippen LogP contribution in [0.5, 0.6) is 0 Å². The van der Waals surface area contributed by atoms with Crippen LogP contribution in [0.1, 0.15) is 53.5 Å². The number of rotatable bonds is 10. The molecule has 1 unspecified atom stereocenters. The Morgan fingerprint density at radius 1 is 1.16 bits per heavy atom. The SMILES string of the molecule is Cc1cccc(C)c1-c1cc(F)c(F)c([C@H](CC(=O)O)NC(=O)[C@@H]2[C@@H]3C(CN2C(=O)c2cncn2CCN(C)C)C3(C)C)c1. The molecule has 11 heteroatoms. The zero-order chi connectivity index (χ0) is 32.1. The third-order valence-electron chi connectivity index (χ3n) is 9.35. The number of likely N-dealkylation sites (tertiary alicyclic amines) is 1. The van der Waals surface area contributed by atoms with E-state index in [4.69, 9.17) is 0 Å². The molecule has 0 bridgehead atoms. The molecular formula is C33H39F2N5O4. The van der Waals surface area contributed by atoms with Crippen LogP contribution in [0.25, 0.3) is 11.1 Å². The molecule has 9 nitrogen and oxygen atoms in total. The second kappa shape index (κ2) is 11.8. The minimum atomic E-state index is -1.37. The average molecular weight is 608 g/mol. The number of nitrogens with one attached hydrogen (secondary N) is 1. The van der Waals surface area contributed by atoms with Gasteiger partial charge in [-0.3, -0.25) is 14.4 Å². The van der Waals surface area contributed by atoms with Gasteiger partial charge in [-0.15, -0.1) is 0 Å². The summed E-state index contributed by atoms with van der Waals surface area (Å²) in [6, 6.07) is 5.78. The molecule has 2 fully saturated rings. The van der Waals surface area contributed by atoms with Crippen LogP contribution in [0.3, 0.4) is 0 Å². The van der Waals surface area contributed by atoms with Crippen molar-refractivity contribution in [3.8, 4) is 11.1 Å². The van der Waals surface area contributed by atoms with Crippen molar-refractivity contribution >= 4 is 17.8 Å². The van der Waals surface area contributed by atoms with Crippen LogP contribution < -0.4 is 5.32 Å². The molecule has 1 saturated carbocycles. The molecule has 5 rings (SSSR count). The molecule has 2 aromatic carbocycles. The fraction of sp³-hybridized carbons (Fsp3) is 0.455. The zero-order valence-electron chi connectivity index (χ0n) is 25.9. The first-order valence-corrected chi connectivity index (χ1v) is 14.8. The molecule has 1 aromatic heterocycles. The summed E-state index contributed by atoms with van der Waals surface area (Å²) in [7, 11) is 3.85. The summed E-state index contributed by atoms with van der Waals surface area (Å²) in [6.07, 6.45) is 2.39. The van der Waals surface area contributed by atoms with E-state index in [0.29, 0.717) is 36.5 Å². The Hall–Kier alpha value is -4.12. The van der Waals surface area contributed by atoms with Crippen molar-refractivity contribution in [2.75, 3.05) is 27.2 Å². The predicted octanol–water partition coefficient (Wildman–Crippen LogP) is 4.44. The number of carbonyl (C=O) groups is 3. The van der Waals surface area contributed by atoms with Crippen LogP contribution in [0.15, 0.2) is 42.9 Å². The van der Waals surface area contributed by atoms with Crippen LogP contribution in [-0.4, -0.2) is 75.5 Å². The monoisotopic (exact) mass is 607 g/mol. The highest BCUT2D eigenvalue weighted by Crippen LogP contribution is 2.65. The van der Waals surface area contributed by atoms with Gasteiger partial charge in [-0.1, -0.05) is 32.0 Å². The lowest BCUT2D eigenvalue weighted by Crippen LogP contribution is -2.51. The highest BCUT2D eigenvalue weighted by Gasteiger charge is 2.69. The number of likely N-dealkylation sites (N-methyl/N-ethyl adjacent to an activating group) is 1. The van der Waals surface area contributed by atoms with Gasteiger partial charge in [-0.25, -0.2) is 13.8 Å². The van der Waals surface area contributed by atoms with E-state index in [1.54, 1.807) is 10.9 Å². The molecule has 234 valence electrons. The van der Waals surface area contributed by atoms with Gasteiger partial charge in [-0.2, -0.15) is 0 Å². The molecule has 0 spiro atoms. The second-order valence-electron chi connectivity index (χ2n) is 12.9. The van der Waals surface area contributed by atoms with Crippen LogP contribution in [0.4, 0.5) is 8.78 Å². The van der Waals surface area contributed by atoms with Gasteiger partial charge in [-0.05, 0) is 79.6 Å². The number of carbonyl (C=O) groups excluding carboxylic acids is 2. The van der Waals surface area contributed by atoms with Crippen molar-refractivity contribution < 1.29 is 28.3 Å². The molecule has 1 aliphatic heterocycles. The third-order valence-corrected chi connectivity index (χ3v) is 9.35. The predicted molar refractivity (Wildman–Crippen MR) is 161 cm³/mol. The summed E-state index contributed by atoms with van der Waals surface area (Å²) in [5.74, 6) is -4.70. The van der Waals surface area contributed by atoms with Gasteiger partial charge >= 0.3 is 5.97 Å². The number of aromatic nitrogens is 2. The summed E-state index contributed by atoms with van der Waals surface area (Å²) in [4.78, 5) is 47.5. The van der Waals surface area contributed by atoms with Crippen molar-refractivity contribution in [2.24, 2.45) is 17.3 Å². The van der Waals surface area contributed by atoms with Crippen molar-refractivity contribution in [3.63, 3.8) is 0 Å². The fourth-order valence-corrected chi connectivity index (χ4v) is 6.88. The molecule has 2 heterocycles. The molecule has 2 aliphatic rings. The van der Waals surface area contributed by atoms with E-state index in [0.717, 1.165) is 17.2 Å². The van der Waals surface area contributed by atoms with Crippen LogP contribution in [-0.2, 0) is 16.1 Å². The molecule has 1 saturated heterocycles. The Morgan fingerprint density at radius 2 is 1.84 bits per heavy atom. The second-order valence-corrected chi connectivity index (χ2v) is 12.9. The van der Waals surface area contributed by atoms with Crippen LogP contribution in [0.2, 0.25) is 0 Å². The summed E-state index contributed by atoms with van der Waals surface area (Å²) in [5, 5.41) is 12.5. The molecular weight excluding hydrogens is 568 g/mol. The molecule has 0 radical (unpaired) electrons. The normalized spacial score (nSPS) is 20.8. The Morgan fingerprint density at radius 3 is 2.48 bits per heavy atom. The van der Waals surface area contributed by atoms with E-state index in [1.807, 2.05) is 64.9 Å². The zero-order valence-corrected chi connectivity index (χ0v) is 25.9. The molecule has 3 aromatic rings. The van der Waals surface area contributed by atoms with Gasteiger partial charge in [0.15, 0.2) is 11.6 Å². The number of hydrogen-bond acceptors (Lipinski definition) is 5. The van der Waals surface area contributed by atoms with Gasteiger partial charge in [0.1, 0.15) is 11.7 Å². The van der Waals surface area contributed by atoms with Gasteiger partial charge < -0.3 is 24.8 Å². The van der Waals surface area contributed by atoms with Gasteiger partial charge in [0.05, 0.1) is 25.0 Å². The lowest BCUT2D eigenvalue weighted by Gasteiger charge is -2.31. The average Bonchev–Trinajstić information content (AvgIpc) is 3.33. The summed E-state index contributed by atoms with van der Waals surface area (Å²) in [5.41, 5.74) is 2.63. The molecule has 1 aliphatic carbocycles. The maximum Gasteiger partial charge on any atom is 0.305 e. The number of carboxylic acid groups (broad SMARTS) is 1. The Bertz CT molecular complexity index is 1600. The van der Waals surface area contributed by atoms with Crippen LogP contribution >= 0.6 is 0 Å². The number of fused-ring (bicyclic) bond motifs is 1.